The van der Waals surface area contributed by atoms with Gasteiger partial charge >= 0.3 is 0 Å². The summed E-state index contributed by atoms with van der Waals surface area (Å²) in [6.45, 7) is 5.43. The van der Waals surface area contributed by atoms with Crippen LogP contribution in [0.15, 0.2) is 42.5 Å². The van der Waals surface area contributed by atoms with Gasteiger partial charge in [-0.1, -0.05) is 42.5 Å². The molecule has 0 aliphatic carbocycles. The van der Waals surface area contributed by atoms with E-state index < -0.39 is 0 Å². The minimum absolute atomic E-state index is 0.102. The summed E-state index contributed by atoms with van der Waals surface area (Å²) < 4.78 is 0. The second-order valence-electron chi connectivity index (χ2n) is 5.29. The summed E-state index contributed by atoms with van der Waals surface area (Å²) >= 11 is 0. The van der Waals surface area contributed by atoms with Crippen molar-refractivity contribution >= 4 is 16.7 Å². The van der Waals surface area contributed by atoms with Gasteiger partial charge in [0.15, 0.2) is 0 Å². The molecule has 0 saturated heterocycles. The van der Waals surface area contributed by atoms with Gasteiger partial charge in [-0.3, -0.25) is 4.79 Å². The number of fused-ring (bicyclic) bond motifs is 1. The SMILES string of the molecule is CC(C)NC(=O)CCNCc1cccc2ccccc12. The summed E-state index contributed by atoms with van der Waals surface area (Å²) in [5.41, 5.74) is 1.27. The van der Waals surface area contributed by atoms with Crippen molar-refractivity contribution in [1.29, 1.82) is 0 Å². The van der Waals surface area contributed by atoms with E-state index in [9.17, 15) is 4.79 Å². The Kier molecular flexibility index (Phi) is 5.13. The molecule has 0 aromatic heterocycles. The maximum absolute atomic E-state index is 11.5. The predicted molar refractivity (Wildman–Crippen MR) is 83.6 cm³/mol. The van der Waals surface area contributed by atoms with Crippen LogP contribution in [-0.2, 0) is 11.3 Å². The Balaban J connectivity index is 1.86. The first-order valence-corrected chi connectivity index (χ1v) is 7.13. The van der Waals surface area contributed by atoms with Crippen LogP contribution < -0.4 is 10.6 Å². The lowest BCUT2D eigenvalue weighted by molar-refractivity contribution is -0.121. The van der Waals surface area contributed by atoms with Crippen molar-refractivity contribution in [1.82, 2.24) is 10.6 Å². The highest BCUT2D eigenvalue weighted by molar-refractivity contribution is 5.85. The van der Waals surface area contributed by atoms with Gasteiger partial charge in [0.1, 0.15) is 0 Å². The van der Waals surface area contributed by atoms with Gasteiger partial charge in [0, 0.05) is 25.6 Å². The second-order valence-corrected chi connectivity index (χ2v) is 5.29. The lowest BCUT2D eigenvalue weighted by Gasteiger charge is -2.10. The fourth-order valence-electron chi connectivity index (χ4n) is 2.27. The Morgan fingerprint density at radius 3 is 2.65 bits per heavy atom. The van der Waals surface area contributed by atoms with Crippen LogP contribution in [0.2, 0.25) is 0 Å². The molecule has 0 spiro atoms. The van der Waals surface area contributed by atoms with Crippen LogP contribution in [-0.4, -0.2) is 18.5 Å². The molecule has 2 aromatic rings. The fourth-order valence-corrected chi connectivity index (χ4v) is 2.27. The molecule has 3 nitrogen and oxygen atoms in total. The predicted octanol–water partition coefficient (Wildman–Crippen LogP) is 2.84. The molecule has 2 rings (SSSR count). The van der Waals surface area contributed by atoms with E-state index in [0.29, 0.717) is 13.0 Å². The van der Waals surface area contributed by atoms with Crippen LogP contribution >= 0.6 is 0 Å². The molecule has 0 heterocycles. The van der Waals surface area contributed by atoms with Crippen molar-refractivity contribution in [3.8, 4) is 0 Å². The average molecular weight is 270 g/mol. The standard InChI is InChI=1S/C17H22N2O/c1-13(2)19-17(20)10-11-18-12-15-8-5-7-14-6-3-4-9-16(14)15/h3-9,13,18H,10-12H2,1-2H3,(H,19,20). The van der Waals surface area contributed by atoms with Crippen LogP contribution in [0.4, 0.5) is 0 Å². The Bertz CT molecular complexity index is 573. The minimum Gasteiger partial charge on any atom is -0.354 e. The van der Waals surface area contributed by atoms with Crippen molar-refractivity contribution in [3.63, 3.8) is 0 Å². The normalized spacial score (nSPS) is 10.9. The number of hydrogen-bond donors (Lipinski definition) is 2. The van der Waals surface area contributed by atoms with E-state index in [0.717, 1.165) is 6.54 Å². The summed E-state index contributed by atoms with van der Waals surface area (Å²) in [4.78, 5) is 11.5. The fraction of sp³-hybridized carbons (Fsp3) is 0.353. The van der Waals surface area contributed by atoms with Gasteiger partial charge in [0.25, 0.3) is 0 Å². The Labute approximate surface area is 120 Å². The van der Waals surface area contributed by atoms with E-state index in [-0.39, 0.29) is 11.9 Å². The van der Waals surface area contributed by atoms with Crippen molar-refractivity contribution in [2.24, 2.45) is 0 Å². The Morgan fingerprint density at radius 1 is 1.10 bits per heavy atom. The lowest BCUT2D eigenvalue weighted by Crippen LogP contribution is -2.32. The maximum atomic E-state index is 11.5. The molecule has 0 atom stereocenters. The first-order valence-electron chi connectivity index (χ1n) is 7.13. The molecule has 0 aliphatic rings. The van der Waals surface area contributed by atoms with Crippen LogP contribution in [0.1, 0.15) is 25.8 Å². The number of hydrogen-bond acceptors (Lipinski definition) is 2. The third-order valence-corrected chi connectivity index (χ3v) is 3.17. The van der Waals surface area contributed by atoms with Crippen molar-refractivity contribution in [3.05, 3.63) is 48.0 Å². The lowest BCUT2D eigenvalue weighted by atomic mass is 10.0. The molecule has 20 heavy (non-hydrogen) atoms. The quantitative estimate of drug-likeness (QED) is 0.793. The Morgan fingerprint density at radius 2 is 1.85 bits per heavy atom. The largest absolute Gasteiger partial charge is 0.354 e. The van der Waals surface area contributed by atoms with Gasteiger partial charge < -0.3 is 10.6 Å². The van der Waals surface area contributed by atoms with Gasteiger partial charge in [-0.25, -0.2) is 0 Å². The third kappa shape index (κ3) is 4.07. The number of nitrogens with one attached hydrogen (secondary N) is 2. The van der Waals surface area contributed by atoms with Gasteiger partial charge in [0.2, 0.25) is 5.91 Å². The number of carbonyl (C=O) groups excluding carboxylic acids is 1. The third-order valence-electron chi connectivity index (χ3n) is 3.17. The summed E-state index contributed by atoms with van der Waals surface area (Å²) in [5, 5.41) is 8.76. The van der Waals surface area contributed by atoms with E-state index >= 15 is 0 Å². The zero-order valence-electron chi connectivity index (χ0n) is 12.1. The molecular formula is C17H22N2O. The van der Waals surface area contributed by atoms with Crippen LogP contribution in [0.5, 0.6) is 0 Å². The molecule has 0 saturated carbocycles. The first-order chi connectivity index (χ1) is 9.66. The van der Waals surface area contributed by atoms with Gasteiger partial charge in [-0.2, -0.15) is 0 Å². The van der Waals surface area contributed by atoms with Gasteiger partial charge in [-0.15, -0.1) is 0 Å². The molecule has 0 radical (unpaired) electrons. The summed E-state index contributed by atoms with van der Waals surface area (Å²) in [6.07, 6.45) is 0.517. The molecule has 2 N–H and O–H groups in total. The maximum Gasteiger partial charge on any atom is 0.221 e. The van der Waals surface area contributed by atoms with Gasteiger partial charge in [0.05, 0.1) is 0 Å². The number of carbonyl (C=O) groups is 1. The van der Waals surface area contributed by atoms with E-state index in [1.807, 2.05) is 13.8 Å². The van der Waals surface area contributed by atoms with Crippen LogP contribution in [0, 0.1) is 0 Å². The van der Waals surface area contributed by atoms with E-state index in [4.69, 9.17) is 0 Å². The summed E-state index contributed by atoms with van der Waals surface area (Å²) in [6, 6.07) is 14.9. The van der Waals surface area contributed by atoms with Crippen LogP contribution in [0.3, 0.4) is 0 Å². The number of amides is 1. The zero-order valence-corrected chi connectivity index (χ0v) is 12.1. The van der Waals surface area contributed by atoms with Crippen molar-refractivity contribution in [2.45, 2.75) is 32.9 Å². The molecule has 1 amide bonds. The molecule has 106 valence electrons. The van der Waals surface area contributed by atoms with Gasteiger partial charge in [-0.05, 0) is 30.2 Å². The highest BCUT2D eigenvalue weighted by atomic mass is 16.1. The Hall–Kier alpha value is -1.87. The minimum atomic E-state index is 0.102. The summed E-state index contributed by atoms with van der Waals surface area (Å²) in [7, 11) is 0. The van der Waals surface area contributed by atoms with Crippen molar-refractivity contribution < 1.29 is 4.79 Å². The molecule has 0 bridgehead atoms. The highest BCUT2D eigenvalue weighted by Crippen LogP contribution is 2.18. The molecule has 3 heteroatoms. The smallest absolute Gasteiger partial charge is 0.221 e. The van der Waals surface area contributed by atoms with E-state index in [1.165, 1.54) is 16.3 Å². The first kappa shape index (κ1) is 14.5. The molecule has 0 aliphatic heterocycles. The zero-order chi connectivity index (χ0) is 14.4. The van der Waals surface area contributed by atoms with E-state index in [2.05, 4.69) is 53.1 Å². The van der Waals surface area contributed by atoms with Crippen molar-refractivity contribution in [2.75, 3.05) is 6.54 Å². The second kappa shape index (κ2) is 7.06. The molecule has 0 fully saturated rings. The summed E-state index contributed by atoms with van der Waals surface area (Å²) in [5.74, 6) is 0.102. The number of rotatable bonds is 6. The van der Waals surface area contributed by atoms with E-state index in [1.54, 1.807) is 0 Å². The monoisotopic (exact) mass is 270 g/mol. The highest BCUT2D eigenvalue weighted by Gasteiger charge is 2.03. The molecular weight excluding hydrogens is 248 g/mol. The average Bonchev–Trinajstić information content (AvgIpc) is 2.43. The molecule has 0 unspecified atom stereocenters. The van der Waals surface area contributed by atoms with Crippen LogP contribution in [0.25, 0.3) is 10.8 Å². The molecule has 2 aromatic carbocycles. The number of benzene rings is 2. The topological polar surface area (TPSA) is 41.1 Å².